The average molecular weight is 511 g/mol. The predicted octanol–water partition coefficient (Wildman–Crippen LogP) is 4.34. The molecule has 0 aliphatic carbocycles. The van der Waals surface area contributed by atoms with Gasteiger partial charge in [-0.25, -0.2) is 9.97 Å². The fourth-order valence-corrected chi connectivity index (χ4v) is 4.88. The number of piperazine rings is 1. The van der Waals surface area contributed by atoms with Crippen LogP contribution in [0.1, 0.15) is 29.3 Å². The van der Waals surface area contributed by atoms with Crippen LogP contribution in [-0.4, -0.2) is 71.6 Å². The smallest absolute Gasteiger partial charge is 0.252 e. The Kier molecular flexibility index (Phi) is 8.09. The minimum absolute atomic E-state index is 0.102. The number of aromatic nitrogens is 3. The van der Waals surface area contributed by atoms with E-state index >= 15 is 0 Å². The molecule has 3 aromatic heterocycles. The van der Waals surface area contributed by atoms with Gasteiger partial charge in [0, 0.05) is 56.1 Å². The van der Waals surface area contributed by atoms with Gasteiger partial charge in [0.2, 0.25) is 0 Å². The van der Waals surface area contributed by atoms with Gasteiger partial charge in [0.1, 0.15) is 5.75 Å². The molecule has 1 aromatic carbocycles. The molecular formula is C30H34N6O2. The van der Waals surface area contributed by atoms with E-state index in [0.717, 1.165) is 55.8 Å². The maximum Gasteiger partial charge on any atom is 0.252 e. The fourth-order valence-electron chi connectivity index (χ4n) is 4.88. The first-order chi connectivity index (χ1) is 18.6. The summed E-state index contributed by atoms with van der Waals surface area (Å²) in [6.07, 6.45) is 6.40. The Morgan fingerprint density at radius 2 is 1.87 bits per heavy atom. The topological polar surface area (TPSA) is 83.5 Å². The summed E-state index contributed by atoms with van der Waals surface area (Å²) in [6.45, 7) is 10.3. The number of hydrogen-bond donors (Lipinski definition) is 1. The molecule has 1 N–H and O–H groups in total. The van der Waals surface area contributed by atoms with Crippen LogP contribution in [0.15, 0.2) is 67.1 Å². The quantitative estimate of drug-likeness (QED) is 0.335. The predicted molar refractivity (Wildman–Crippen MR) is 151 cm³/mol. The average Bonchev–Trinajstić information content (AvgIpc) is 2.96. The van der Waals surface area contributed by atoms with Crippen LogP contribution in [0, 0.1) is 6.92 Å². The van der Waals surface area contributed by atoms with E-state index in [2.05, 4.69) is 38.1 Å². The van der Waals surface area contributed by atoms with Crippen LogP contribution in [0.2, 0.25) is 0 Å². The summed E-state index contributed by atoms with van der Waals surface area (Å²) >= 11 is 0. The van der Waals surface area contributed by atoms with Crippen LogP contribution in [0.25, 0.3) is 22.3 Å². The zero-order valence-electron chi connectivity index (χ0n) is 22.1. The van der Waals surface area contributed by atoms with Crippen molar-refractivity contribution in [3.05, 3.63) is 78.2 Å². The van der Waals surface area contributed by atoms with Gasteiger partial charge in [0.15, 0.2) is 5.65 Å². The van der Waals surface area contributed by atoms with Gasteiger partial charge in [-0.2, -0.15) is 0 Å². The Labute approximate surface area is 223 Å². The lowest BCUT2D eigenvalue weighted by Gasteiger charge is -2.36. The van der Waals surface area contributed by atoms with Crippen molar-refractivity contribution in [1.29, 1.82) is 0 Å². The van der Waals surface area contributed by atoms with Crippen molar-refractivity contribution in [2.75, 3.05) is 50.8 Å². The Balaban J connectivity index is 1.18. The lowest BCUT2D eigenvalue weighted by atomic mass is 10.1. The molecule has 1 aliphatic rings. The highest BCUT2D eigenvalue weighted by Gasteiger charge is 2.19. The number of nitrogens with one attached hydrogen (secondary N) is 1. The molecule has 38 heavy (non-hydrogen) atoms. The summed E-state index contributed by atoms with van der Waals surface area (Å²) in [5.41, 5.74) is 5.27. The standard InChI is InChI=1S/C30H34N6O2/c1-3-38-24-9-7-23(8-10-24)27-20-26(25-6-4-12-32-29(25)34-27)30(37)33-13-5-15-35-16-18-36(19-17-35)28-21-31-14-11-22(28)2/h4,6-12,14,20-21H,3,5,13,15-19H2,1-2H3,(H,33,37). The number of pyridine rings is 3. The normalized spacial score (nSPS) is 14.0. The third-order valence-corrected chi connectivity index (χ3v) is 6.95. The van der Waals surface area contributed by atoms with Crippen LogP contribution < -0.4 is 15.0 Å². The Morgan fingerprint density at radius 3 is 2.63 bits per heavy atom. The number of anilines is 1. The van der Waals surface area contributed by atoms with Gasteiger partial charge in [0.25, 0.3) is 5.91 Å². The summed E-state index contributed by atoms with van der Waals surface area (Å²) in [5.74, 6) is 0.705. The van der Waals surface area contributed by atoms with Crippen molar-refractivity contribution >= 4 is 22.6 Å². The molecule has 0 bridgehead atoms. The minimum Gasteiger partial charge on any atom is -0.494 e. The Bertz CT molecular complexity index is 1380. The maximum atomic E-state index is 13.3. The molecule has 0 spiro atoms. The van der Waals surface area contributed by atoms with E-state index in [1.807, 2.05) is 61.8 Å². The molecule has 1 aliphatic heterocycles. The van der Waals surface area contributed by atoms with E-state index in [-0.39, 0.29) is 5.91 Å². The van der Waals surface area contributed by atoms with Crippen LogP contribution in [0.3, 0.4) is 0 Å². The molecule has 196 valence electrons. The van der Waals surface area contributed by atoms with Crippen LogP contribution >= 0.6 is 0 Å². The first kappa shape index (κ1) is 25.6. The summed E-state index contributed by atoms with van der Waals surface area (Å²) < 4.78 is 5.55. The maximum absolute atomic E-state index is 13.3. The number of hydrogen-bond acceptors (Lipinski definition) is 7. The first-order valence-electron chi connectivity index (χ1n) is 13.3. The van der Waals surface area contributed by atoms with Gasteiger partial charge in [-0.15, -0.1) is 0 Å². The number of amides is 1. The monoisotopic (exact) mass is 510 g/mol. The van der Waals surface area contributed by atoms with Crippen molar-refractivity contribution < 1.29 is 9.53 Å². The molecule has 0 saturated carbocycles. The summed E-state index contributed by atoms with van der Waals surface area (Å²) in [7, 11) is 0. The molecule has 1 saturated heterocycles. The van der Waals surface area contributed by atoms with Crippen LogP contribution in [0.5, 0.6) is 5.75 Å². The van der Waals surface area contributed by atoms with Gasteiger partial charge < -0.3 is 15.0 Å². The van der Waals surface area contributed by atoms with E-state index in [4.69, 9.17) is 9.72 Å². The number of nitrogens with zero attached hydrogens (tertiary/aromatic N) is 5. The third-order valence-electron chi connectivity index (χ3n) is 6.95. The number of ether oxygens (including phenoxy) is 1. The minimum atomic E-state index is -0.102. The van der Waals surface area contributed by atoms with Gasteiger partial charge in [-0.05, 0) is 80.9 Å². The largest absolute Gasteiger partial charge is 0.494 e. The zero-order valence-corrected chi connectivity index (χ0v) is 22.1. The van der Waals surface area contributed by atoms with Crippen molar-refractivity contribution in [3.8, 4) is 17.0 Å². The van der Waals surface area contributed by atoms with Crippen molar-refractivity contribution in [3.63, 3.8) is 0 Å². The Morgan fingerprint density at radius 1 is 1.05 bits per heavy atom. The number of aryl methyl sites for hydroxylation is 1. The number of carbonyl (C=O) groups excluding carboxylic acids is 1. The lowest BCUT2D eigenvalue weighted by Crippen LogP contribution is -2.47. The van der Waals surface area contributed by atoms with Gasteiger partial charge in [0.05, 0.1) is 29.7 Å². The fraction of sp³-hybridized carbons (Fsp3) is 0.333. The molecule has 5 rings (SSSR count). The summed E-state index contributed by atoms with van der Waals surface area (Å²) in [4.78, 5) is 31.5. The van der Waals surface area contributed by atoms with Gasteiger partial charge in [-0.3, -0.25) is 14.7 Å². The number of fused-ring (bicyclic) bond motifs is 1. The second kappa shape index (κ2) is 12.0. The second-order valence-corrected chi connectivity index (χ2v) is 9.49. The molecule has 1 fully saturated rings. The molecule has 0 radical (unpaired) electrons. The molecule has 0 atom stereocenters. The van der Waals surface area contributed by atoms with E-state index in [0.29, 0.717) is 30.1 Å². The molecule has 1 amide bonds. The highest BCUT2D eigenvalue weighted by Crippen LogP contribution is 2.26. The molecule has 8 heteroatoms. The van der Waals surface area contributed by atoms with Crippen molar-refractivity contribution in [2.45, 2.75) is 20.3 Å². The number of benzene rings is 1. The summed E-state index contributed by atoms with van der Waals surface area (Å²) in [6, 6.07) is 15.4. The van der Waals surface area contributed by atoms with Crippen molar-refractivity contribution in [2.24, 2.45) is 0 Å². The van der Waals surface area contributed by atoms with Crippen molar-refractivity contribution in [1.82, 2.24) is 25.2 Å². The molecular weight excluding hydrogens is 476 g/mol. The zero-order chi connectivity index (χ0) is 26.3. The Hall–Kier alpha value is -4.04. The van der Waals surface area contributed by atoms with Crippen LogP contribution in [0.4, 0.5) is 5.69 Å². The molecule has 8 nitrogen and oxygen atoms in total. The van der Waals surface area contributed by atoms with Gasteiger partial charge >= 0.3 is 0 Å². The molecule has 0 unspecified atom stereocenters. The number of rotatable bonds is 9. The van der Waals surface area contributed by atoms with E-state index in [1.54, 1.807) is 6.20 Å². The van der Waals surface area contributed by atoms with E-state index in [9.17, 15) is 4.79 Å². The molecule has 4 heterocycles. The second-order valence-electron chi connectivity index (χ2n) is 9.49. The highest BCUT2D eigenvalue weighted by molar-refractivity contribution is 6.06. The SMILES string of the molecule is CCOc1ccc(-c2cc(C(=O)NCCCN3CCN(c4cnccc4C)CC3)c3cccnc3n2)cc1. The third kappa shape index (κ3) is 5.92. The van der Waals surface area contributed by atoms with E-state index in [1.165, 1.54) is 11.3 Å². The first-order valence-corrected chi connectivity index (χ1v) is 13.3. The molecule has 4 aromatic rings. The lowest BCUT2D eigenvalue weighted by molar-refractivity contribution is 0.0953. The van der Waals surface area contributed by atoms with Crippen LogP contribution in [-0.2, 0) is 0 Å². The van der Waals surface area contributed by atoms with Gasteiger partial charge in [-0.1, -0.05) is 0 Å². The summed E-state index contributed by atoms with van der Waals surface area (Å²) in [5, 5.41) is 3.87. The number of carbonyl (C=O) groups is 1. The van der Waals surface area contributed by atoms with E-state index < -0.39 is 0 Å². The highest BCUT2D eigenvalue weighted by atomic mass is 16.5.